The number of aliphatic hydroxyl groups excluding tert-OH is 1. The Morgan fingerprint density at radius 3 is 2.75 bits per heavy atom. The molecule has 1 aromatic rings. The second kappa shape index (κ2) is 6.72. The lowest BCUT2D eigenvalue weighted by molar-refractivity contribution is -0.0667. The Kier molecular flexibility index (Phi) is 4.98. The first-order valence-electron chi connectivity index (χ1n) is 6.92. The summed E-state index contributed by atoms with van der Waals surface area (Å²) in [7, 11) is 0. The molecule has 5 nitrogen and oxygen atoms in total. The van der Waals surface area contributed by atoms with E-state index in [0.717, 1.165) is 5.75 Å². The van der Waals surface area contributed by atoms with Crippen LogP contribution in [0.4, 0.5) is 0 Å². The summed E-state index contributed by atoms with van der Waals surface area (Å²) >= 11 is 0. The van der Waals surface area contributed by atoms with E-state index in [-0.39, 0.29) is 24.7 Å². The fourth-order valence-corrected chi connectivity index (χ4v) is 2.24. The Hall–Kier alpha value is -1.59. The van der Waals surface area contributed by atoms with Gasteiger partial charge in [0.05, 0.1) is 32.0 Å². The standard InChI is InChI=1S/C15H21NO4/c1-3-19-13-6-4-12(5-7-13)15(18)16-8-14(9-17)20-10-11(16)2/h4-7,11,14,17H,3,8-10H2,1-2H3. The molecule has 0 aromatic heterocycles. The van der Waals surface area contributed by atoms with Crippen LogP contribution in [0, 0.1) is 0 Å². The molecule has 1 saturated heterocycles. The van der Waals surface area contributed by atoms with E-state index in [1.54, 1.807) is 29.2 Å². The van der Waals surface area contributed by atoms with Gasteiger partial charge >= 0.3 is 0 Å². The molecule has 1 amide bonds. The predicted molar refractivity (Wildman–Crippen MR) is 74.9 cm³/mol. The van der Waals surface area contributed by atoms with Gasteiger partial charge in [0.25, 0.3) is 5.91 Å². The van der Waals surface area contributed by atoms with Gasteiger partial charge in [-0.05, 0) is 38.1 Å². The van der Waals surface area contributed by atoms with Crippen molar-refractivity contribution < 1.29 is 19.4 Å². The molecule has 2 rings (SSSR count). The highest BCUT2D eigenvalue weighted by atomic mass is 16.5. The van der Waals surface area contributed by atoms with Crippen LogP contribution in [-0.2, 0) is 4.74 Å². The quantitative estimate of drug-likeness (QED) is 0.902. The number of amides is 1. The Morgan fingerprint density at radius 2 is 2.15 bits per heavy atom. The molecular formula is C15H21NO4. The molecule has 1 fully saturated rings. The van der Waals surface area contributed by atoms with Gasteiger partial charge in [0.15, 0.2) is 0 Å². The number of nitrogens with zero attached hydrogens (tertiary/aromatic N) is 1. The fraction of sp³-hybridized carbons (Fsp3) is 0.533. The topological polar surface area (TPSA) is 59.0 Å². The van der Waals surface area contributed by atoms with Crippen LogP contribution in [0.3, 0.4) is 0 Å². The lowest BCUT2D eigenvalue weighted by atomic mass is 10.1. The van der Waals surface area contributed by atoms with Gasteiger partial charge in [0.1, 0.15) is 5.75 Å². The molecule has 1 aliphatic rings. The molecule has 1 heterocycles. The Bertz CT molecular complexity index is 446. The first-order valence-corrected chi connectivity index (χ1v) is 6.92. The van der Waals surface area contributed by atoms with Crippen LogP contribution < -0.4 is 4.74 Å². The summed E-state index contributed by atoms with van der Waals surface area (Å²) < 4.78 is 10.8. The van der Waals surface area contributed by atoms with Crippen molar-refractivity contribution in [1.29, 1.82) is 0 Å². The van der Waals surface area contributed by atoms with Crippen LogP contribution in [0.2, 0.25) is 0 Å². The molecule has 0 saturated carbocycles. The van der Waals surface area contributed by atoms with E-state index in [1.165, 1.54) is 0 Å². The smallest absolute Gasteiger partial charge is 0.254 e. The first-order chi connectivity index (χ1) is 9.65. The van der Waals surface area contributed by atoms with E-state index in [9.17, 15) is 4.79 Å². The van der Waals surface area contributed by atoms with Gasteiger partial charge in [-0.2, -0.15) is 0 Å². The number of carbonyl (C=O) groups excluding carboxylic acids is 1. The number of rotatable bonds is 4. The van der Waals surface area contributed by atoms with Crippen molar-refractivity contribution in [2.45, 2.75) is 26.0 Å². The number of hydrogen-bond acceptors (Lipinski definition) is 4. The molecule has 0 spiro atoms. The van der Waals surface area contributed by atoms with Crippen molar-refractivity contribution in [1.82, 2.24) is 4.90 Å². The van der Waals surface area contributed by atoms with Gasteiger partial charge in [-0.1, -0.05) is 0 Å². The van der Waals surface area contributed by atoms with E-state index in [1.807, 2.05) is 13.8 Å². The molecular weight excluding hydrogens is 258 g/mol. The molecule has 20 heavy (non-hydrogen) atoms. The van der Waals surface area contributed by atoms with Gasteiger partial charge in [-0.3, -0.25) is 4.79 Å². The summed E-state index contributed by atoms with van der Waals surface area (Å²) in [5, 5.41) is 9.16. The number of benzene rings is 1. The third-order valence-corrected chi connectivity index (χ3v) is 3.38. The third-order valence-electron chi connectivity index (χ3n) is 3.38. The zero-order valence-corrected chi connectivity index (χ0v) is 11.9. The molecule has 5 heteroatoms. The average Bonchev–Trinajstić information content (AvgIpc) is 2.48. The number of hydrogen-bond donors (Lipinski definition) is 1. The highest BCUT2D eigenvalue weighted by Gasteiger charge is 2.29. The van der Waals surface area contributed by atoms with Gasteiger partial charge in [-0.25, -0.2) is 0 Å². The van der Waals surface area contributed by atoms with Gasteiger partial charge < -0.3 is 19.5 Å². The van der Waals surface area contributed by atoms with Crippen molar-refractivity contribution in [3.63, 3.8) is 0 Å². The van der Waals surface area contributed by atoms with Crippen molar-refractivity contribution >= 4 is 5.91 Å². The zero-order valence-electron chi connectivity index (χ0n) is 11.9. The SMILES string of the molecule is CCOc1ccc(C(=O)N2CC(CO)OCC2C)cc1. The molecule has 1 aliphatic heterocycles. The average molecular weight is 279 g/mol. The Morgan fingerprint density at radius 1 is 1.45 bits per heavy atom. The normalized spacial score (nSPS) is 22.6. The molecule has 1 N–H and O–H groups in total. The summed E-state index contributed by atoms with van der Waals surface area (Å²) in [4.78, 5) is 14.2. The summed E-state index contributed by atoms with van der Waals surface area (Å²) in [6.07, 6.45) is -0.294. The van der Waals surface area contributed by atoms with Crippen molar-refractivity contribution in [3.05, 3.63) is 29.8 Å². The van der Waals surface area contributed by atoms with Crippen LogP contribution >= 0.6 is 0 Å². The minimum Gasteiger partial charge on any atom is -0.494 e. The maximum absolute atomic E-state index is 12.5. The minimum absolute atomic E-state index is 0.0110. The maximum Gasteiger partial charge on any atom is 0.254 e. The Labute approximate surface area is 119 Å². The van der Waals surface area contributed by atoms with Crippen molar-refractivity contribution in [2.75, 3.05) is 26.4 Å². The van der Waals surface area contributed by atoms with Crippen LogP contribution in [0.25, 0.3) is 0 Å². The second-order valence-electron chi connectivity index (χ2n) is 4.90. The highest BCUT2D eigenvalue weighted by Crippen LogP contribution is 2.18. The molecule has 1 aromatic carbocycles. The second-order valence-corrected chi connectivity index (χ2v) is 4.90. The van der Waals surface area contributed by atoms with E-state index in [4.69, 9.17) is 14.6 Å². The summed E-state index contributed by atoms with van der Waals surface area (Å²) in [5.74, 6) is 0.717. The highest BCUT2D eigenvalue weighted by molar-refractivity contribution is 5.94. The summed E-state index contributed by atoms with van der Waals surface area (Å²) in [5.41, 5.74) is 0.624. The molecule has 110 valence electrons. The monoisotopic (exact) mass is 279 g/mol. The zero-order chi connectivity index (χ0) is 14.5. The maximum atomic E-state index is 12.5. The lowest BCUT2D eigenvalue weighted by Crippen LogP contribution is -2.52. The van der Waals surface area contributed by atoms with E-state index >= 15 is 0 Å². The third kappa shape index (κ3) is 3.29. The Balaban J connectivity index is 2.08. The molecule has 2 unspecified atom stereocenters. The van der Waals surface area contributed by atoms with Crippen LogP contribution in [0.1, 0.15) is 24.2 Å². The number of ether oxygens (including phenoxy) is 2. The van der Waals surface area contributed by atoms with Gasteiger partial charge in [-0.15, -0.1) is 0 Å². The van der Waals surface area contributed by atoms with Crippen LogP contribution in [-0.4, -0.2) is 54.4 Å². The van der Waals surface area contributed by atoms with Crippen molar-refractivity contribution in [2.24, 2.45) is 0 Å². The molecule has 0 aliphatic carbocycles. The van der Waals surface area contributed by atoms with Gasteiger partial charge in [0, 0.05) is 12.1 Å². The minimum atomic E-state index is -0.294. The number of morpholine rings is 1. The van der Waals surface area contributed by atoms with Crippen LogP contribution in [0.15, 0.2) is 24.3 Å². The fourth-order valence-electron chi connectivity index (χ4n) is 2.24. The predicted octanol–water partition coefficient (Wildman–Crippen LogP) is 1.31. The number of carbonyl (C=O) groups is 1. The largest absolute Gasteiger partial charge is 0.494 e. The molecule has 0 bridgehead atoms. The van der Waals surface area contributed by atoms with Gasteiger partial charge in [0.2, 0.25) is 0 Å². The van der Waals surface area contributed by atoms with Crippen LogP contribution in [0.5, 0.6) is 5.75 Å². The summed E-state index contributed by atoms with van der Waals surface area (Å²) in [6, 6.07) is 7.14. The van der Waals surface area contributed by atoms with Crippen molar-refractivity contribution in [3.8, 4) is 5.75 Å². The van der Waals surface area contributed by atoms with E-state index in [0.29, 0.717) is 25.3 Å². The number of aliphatic hydroxyl groups is 1. The summed E-state index contributed by atoms with van der Waals surface area (Å²) in [6.45, 7) is 5.27. The van der Waals surface area contributed by atoms with E-state index < -0.39 is 0 Å². The first kappa shape index (κ1) is 14.8. The molecule has 2 atom stereocenters. The lowest BCUT2D eigenvalue weighted by Gasteiger charge is -2.37. The van der Waals surface area contributed by atoms with E-state index in [2.05, 4.69) is 0 Å². The molecule has 0 radical (unpaired) electrons.